The van der Waals surface area contributed by atoms with Gasteiger partial charge in [0.1, 0.15) is 13.2 Å². The van der Waals surface area contributed by atoms with Crippen LogP contribution in [0.1, 0.15) is 278 Å². The summed E-state index contributed by atoms with van der Waals surface area (Å²) in [4.78, 5) is 38.3. The lowest BCUT2D eigenvalue weighted by Gasteiger charge is -2.18. The minimum atomic E-state index is -0.808. The molecule has 0 fully saturated rings. The van der Waals surface area contributed by atoms with Gasteiger partial charge in [0.05, 0.1) is 0 Å². The van der Waals surface area contributed by atoms with Crippen LogP contribution in [0.5, 0.6) is 0 Å². The molecule has 0 aliphatic heterocycles. The lowest BCUT2D eigenvalue weighted by atomic mass is 10.1. The summed E-state index contributed by atoms with van der Waals surface area (Å²) in [6, 6.07) is 0. The van der Waals surface area contributed by atoms with Crippen LogP contribution in [0.25, 0.3) is 0 Å². The molecular formula is C67H112O6. The molecule has 73 heavy (non-hydrogen) atoms. The maximum absolute atomic E-state index is 12.9. The largest absolute Gasteiger partial charge is 0.462 e. The monoisotopic (exact) mass is 1010 g/mol. The molecule has 0 rings (SSSR count). The Morgan fingerprint density at radius 3 is 0.904 bits per heavy atom. The molecule has 0 amide bonds. The van der Waals surface area contributed by atoms with E-state index >= 15 is 0 Å². The molecule has 6 nitrogen and oxygen atoms in total. The SMILES string of the molecule is CC/C=C\C/C=C\C/C=C\C/C=C\C/C=C\CCCC(=O)OCC(COC(=O)CCCCCCCCCCC/C=C\C/C=C\C/C=C\CC)OC(=O)CCCCCCCCC/C=C\CCCCCCCCCC. The fraction of sp³-hybridized carbons (Fsp3) is 0.687. The standard InChI is InChI=1S/C67H112O6/c1-4-7-10-13-16-19-22-25-28-31-33-36-39-42-45-48-51-54-57-60-66(69)72-63-64(62-71-65(68)59-56-53-50-47-44-41-38-35-30-27-24-21-18-15-12-9-6-3)73-67(70)61-58-55-52-49-46-43-40-37-34-32-29-26-23-20-17-14-11-8-5-2/h7,9-10,12,16,18-19,21,25,27-28,30,32,34,38,41,47,50,64H,4-6,8,11,13-15,17,20,22-24,26,29,31,33,35-37,39-40,42-46,48-49,51-63H2,1-3H3/b10-7-,12-9-,19-16-,21-18-,28-25-,30-27-,34-32-,41-38-,50-47-. The number of hydrogen-bond acceptors (Lipinski definition) is 6. The molecule has 1 atom stereocenters. The molecule has 0 aromatic carbocycles. The van der Waals surface area contributed by atoms with E-state index in [1.807, 2.05) is 0 Å². The van der Waals surface area contributed by atoms with Crippen LogP contribution in [0.2, 0.25) is 0 Å². The molecule has 0 aromatic heterocycles. The first-order valence-electron chi connectivity index (χ1n) is 30.4. The summed E-state index contributed by atoms with van der Waals surface area (Å²) in [5, 5.41) is 0. The van der Waals surface area contributed by atoms with Crippen molar-refractivity contribution in [1.29, 1.82) is 0 Å². The van der Waals surface area contributed by atoms with E-state index in [4.69, 9.17) is 14.2 Å². The number of carbonyl (C=O) groups is 3. The van der Waals surface area contributed by atoms with Crippen molar-refractivity contribution in [3.05, 3.63) is 109 Å². The highest BCUT2D eigenvalue weighted by Gasteiger charge is 2.19. The zero-order valence-electron chi connectivity index (χ0n) is 47.6. The fourth-order valence-electron chi connectivity index (χ4n) is 8.25. The van der Waals surface area contributed by atoms with Crippen molar-refractivity contribution in [2.75, 3.05) is 13.2 Å². The smallest absolute Gasteiger partial charge is 0.306 e. The third-order valence-electron chi connectivity index (χ3n) is 12.7. The van der Waals surface area contributed by atoms with Crippen LogP contribution in [0, 0.1) is 0 Å². The molecule has 0 aliphatic rings. The van der Waals surface area contributed by atoms with Gasteiger partial charge in [-0.25, -0.2) is 0 Å². The number of rotatable bonds is 54. The van der Waals surface area contributed by atoms with Crippen molar-refractivity contribution in [2.24, 2.45) is 0 Å². The van der Waals surface area contributed by atoms with Gasteiger partial charge in [0.2, 0.25) is 0 Å². The predicted molar refractivity (Wildman–Crippen MR) is 316 cm³/mol. The maximum atomic E-state index is 12.9. The Kier molecular flexibility index (Phi) is 57.4. The van der Waals surface area contributed by atoms with Gasteiger partial charge < -0.3 is 14.2 Å². The molecule has 0 aromatic rings. The van der Waals surface area contributed by atoms with Crippen LogP contribution >= 0.6 is 0 Å². The number of esters is 3. The van der Waals surface area contributed by atoms with E-state index in [-0.39, 0.29) is 37.5 Å². The Hall–Kier alpha value is -3.93. The number of unbranched alkanes of at least 4 members (excludes halogenated alkanes) is 25. The third kappa shape index (κ3) is 58.8. The van der Waals surface area contributed by atoms with Crippen LogP contribution in [-0.2, 0) is 28.6 Å². The number of hydrogen-bond donors (Lipinski definition) is 0. The van der Waals surface area contributed by atoms with Gasteiger partial charge in [-0.05, 0) is 116 Å². The summed E-state index contributed by atoms with van der Waals surface area (Å²) < 4.78 is 16.9. The van der Waals surface area contributed by atoms with Crippen LogP contribution in [0.4, 0.5) is 0 Å². The molecule has 0 aliphatic carbocycles. The second kappa shape index (κ2) is 60.6. The van der Waals surface area contributed by atoms with Gasteiger partial charge in [0.25, 0.3) is 0 Å². The average Bonchev–Trinajstić information content (AvgIpc) is 3.39. The summed E-state index contributed by atoms with van der Waals surface area (Å²) in [6.45, 7) is 6.38. The summed E-state index contributed by atoms with van der Waals surface area (Å²) in [6.07, 6.45) is 82.3. The van der Waals surface area contributed by atoms with Crippen molar-refractivity contribution in [3.63, 3.8) is 0 Å². The van der Waals surface area contributed by atoms with Crippen LogP contribution in [0.3, 0.4) is 0 Å². The Morgan fingerprint density at radius 1 is 0.288 bits per heavy atom. The first kappa shape index (κ1) is 69.1. The Bertz CT molecular complexity index is 1490. The molecule has 0 bridgehead atoms. The zero-order chi connectivity index (χ0) is 52.9. The van der Waals surface area contributed by atoms with Crippen molar-refractivity contribution < 1.29 is 28.6 Å². The highest BCUT2D eigenvalue weighted by Crippen LogP contribution is 2.15. The number of allylic oxidation sites excluding steroid dienone is 18. The number of carbonyl (C=O) groups excluding carboxylic acids is 3. The third-order valence-corrected chi connectivity index (χ3v) is 12.7. The predicted octanol–water partition coefficient (Wildman–Crippen LogP) is 20.7. The first-order valence-corrected chi connectivity index (χ1v) is 30.4. The van der Waals surface area contributed by atoms with E-state index in [1.165, 1.54) is 135 Å². The lowest BCUT2D eigenvalue weighted by Crippen LogP contribution is -2.30. The van der Waals surface area contributed by atoms with Gasteiger partial charge in [0.15, 0.2) is 6.10 Å². The zero-order valence-corrected chi connectivity index (χ0v) is 47.6. The Labute approximate surface area is 450 Å². The minimum absolute atomic E-state index is 0.101. The lowest BCUT2D eigenvalue weighted by molar-refractivity contribution is -0.167. The van der Waals surface area contributed by atoms with Gasteiger partial charge in [0, 0.05) is 19.3 Å². The van der Waals surface area contributed by atoms with Crippen molar-refractivity contribution in [3.8, 4) is 0 Å². The van der Waals surface area contributed by atoms with Crippen LogP contribution in [0.15, 0.2) is 109 Å². The van der Waals surface area contributed by atoms with Gasteiger partial charge in [-0.2, -0.15) is 0 Å². The van der Waals surface area contributed by atoms with E-state index in [0.717, 1.165) is 96.3 Å². The van der Waals surface area contributed by atoms with Crippen molar-refractivity contribution in [2.45, 2.75) is 284 Å². The quantitative estimate of drug-likeness (QED) is 0.0261. The van der Waals surface area contributed by atoms with E-state index in [9.17, 15) is 14.4 Å². The molecular weight excluding hydrogens is 901 g/mol. The van der Waals surface area contributed by atoms with Gasteiger partial charge in [-0.15, -0.1) is 0 Å². The fourth-order valence-corrected chi connectivity index (χ4v) is 8.25. The van der Waals surface area contributed by atoms with Gasteiger partial charge >= 0.3 is 17.9 Å². The second-order valence-corrected chi connectivity index (χ2v) is 19.8. The molecule has 0 heterocycles. The molecule has 0 N–H and O–H groups in total. The van der Waals surface area contributed by atoms with E-state index in [0.29, 0.717) is 19.3 Å². The summed E-state index contributed by atoms with van der Waals surface area (Å²) in [7, 11) is 0. The topological polar surface area (TPSA) is 78.9 Å². The molecule has 0 radical (unpaired) electrons. The Balaban J connectivity index is 4.47. The van der Waals surface area contributed by atoms with E-state index < -0.39 is 6.10 Å². The summed E-state index contributed by atoms with van der Waals surface area (Å²) in [5.41, 5.74) is 0. The van der Waals surface area contributed by atoms with E-state index in [2.05, 4.69) is 130 Å². The van der Waals surface area contributed by atoms with Crippen LogP contribution < -0.4 is 0 Å². The minimum Gasteiger partial charge on any atom is -0.462 e. The normalized spacial score (nSPS) is 12.9. The van der Waals surface area contributed by atoms with Crippen LogP contribution in [-0.4, -0.2) is 37.2 Å². The molecule has 416 valence electrons. The Morgan fingerprint density at radius 2 is 0.548 bits per heavy atom. The molecule has 0 saturated carbocycles. The molecule has 0 spiro atoms. The van der Waals surface area contributed by atoms with Crippen molar-refractivity contribution in [1.82, 2.24) is 0 Å². The average molecular weight is 1010 g/mol. The molecule has 1 unspecified atom stereocenters. The van der Waals surface area contributed by atoms with Gasteiger partial charge in [-0.1, -0.05) is 252 Å². The molecule has 0 saturated heterocycles. The van der Waals surface area contributed by atoms with E-state index in [1.54, 1.807) is 0 Å². The highest BCUT2D eigenvalue weighted by molar-refractivity contribution is 5.71. The first-order chi connectivity index (χ1) is 36.0. The maximum Gasteiger partial charge on any atom is 0.306 e. The van der Waals surface area contributed by atoms with Gasteiger partial charge in [-0.3, -0.25) is 14.4 Å². The summed E-state index contributed by atoms with van der Waals surface area (Å²) in [5.74, 6) is -0.966. The molecule has 6 heteroatoms. The highest BCUT2D eigenvalue weighted by atomic mass is 16.6. The summed E-state index contributed by atoms with van der Waals surface area (Å²) >= 11 is 0. The van der Waals surface area contributed by atoms with Crippen molar-refractivity contribution >= 4 is 17.9 Å². The second-order valence-electron chi connectivity index (χ2n) is 19.8. The number of ether oxygens (including phenoxy) is 3.